The molecular formula is C11H12Cl2N4. The van der Waals surface area contributed by atoms with Crippen molar-refractivity contribution in [1.29, 1.82) is 0 Å². The normalized spacial score (nSPS) is 10.8. The summed E-state index contributed by atoms with van der Waals surface area (Å²) in [4.78, 5) is 4.32. The number of nitrogens with two attached hydrogens (primary N) is 1. The van der Waals surface area contributed by atoms with Crippen LogP contribution in [0, 0.1) is 6.92 Å². The van der Waals surface area contributed by atoms with Gasteiger partial charge >= 0.3 is 0 Å². The van der Waals surface area contributed by atoms with E-state index in [1.807, 2.05) is 19.1 Å². The summed E-state index contributed by atoms with van der Waals surface area (Å²) in [7, 11) is 0. The predicted molar refractivity (Wildman–Crippen MR) is 68.9 cm³/mol. The maximum atomic E-state index is 6.16. The lowest BCUT2D eigenvalue weighted by Crippen LogP contribution is -2.10. The van der Waals surface area contributed by atoms with Crippen LogP contribution < -0.4 is 5.73 Å². The Bertz CT molecular complexity index is 536. The fourth-order valence-electron chi connectivity index (χ4n) is 1.60. The maximum Gasteiger partial charge on any atom is 0.148 e. The number of rotatable bonds is 3. The Morgan fingerprint density at radius 2 is 2.12 bits per heavy atom. The van der Waals surface area contributed by atoms with Crippen LogP contribution >= 0.6 is 23.2 Å². The Kier molecular flexibility index (Phi) is 3.66. The molecule has 1 aromatic heterocycles. The minimum atomic E-state index is 0.470. The molecule has 0 bridgehead atoms. The number of benzene rings is 1. The van der Waals surface area contributed by atoms with Gasteiger partial charge < -0.3 is 5.73 Å². The lowest BCUT2D eigenvalue weighted by molar-refractivity contribution is 0.774. The highest BCUT2D eigenvalue weighted by molar-refractivity contribution is 6.43. The number of hydrogen-bond acceptors (Lipinski definition) is 3. The summed E-state index contributed by atoms with van der Waals surface area (Å²) < 4.78 is 1.69. The monoisotopic (exact) mass is 270 g/mol. The topological polar surface area (TPSA) is 56.7 Å². The molecule has 0 spiro atoms. The molecule has 0 aliphatic rings. The average Bonchev–Trinajstić information content (AvgIpc) is 2.64. The lowest BCUT2D eigenvalue weighted by atomic mass is 10.3. The van der Waals surface area contributed by atoms with Crippen LogP contribution in [-0.4, -0.2) is 21.3 Å². The molecule has 1 heterocycles. The Morgan fingerprint density at radius 3 is 2.82 bits per heavy atom. The Morgan fingerprint density at radius 1 is 1.35 bits per heavy atom. The quantitative estimate of drug-likeness (QED) is 0.932. The molecule has 0 saturated heterocycles. The highest BCUT2D eigenvalue weighted by Gasteiger charge is 2.13. The van der Waals surface area contributed by atoms with Crippen LogP contribution in [0.15, 0.2) is 18.2 Å². The minimum Gasteiger partial charge on any atom is -0.330 e. The van der Waals surface area contributed by atoms with Gasteiger partial charge in [0.25, 0.3) is 0 Å². The van der Waals surface area contributed by atoms with Gasteiger partial charge in [0, 0.05) is 6.42 Å². The third-order valence-corrected chi connectivity index (χ3v) is 3.12. The molecule has 4 nitrogen and oxygen atoms in total. The molecule has 0 aliphatic heterocycles. The van der Waals surface area contributed by atoms with E-state index in [9.17, 15) is 0 Å². The van der Waals surface area contributed by atoms with Crippen molar-refractivity contribution in [2.75, 3.05) is 6.54 Å². The minimum absolute atomic E-state index is 0.470. The molecule has 1 aromatic carbocycles. The van der Waals surface area contributed by atoms with Crippen molar-refractivity contribution in [3.63, 3.8) is 0 Å². The van der Waals surface area contributed by atoms with E-state index < -0.39 is 0 Å². The van der Waals surface area contributed by atoms with Crippen molar-refractivity contribution < 1.29 is 0 Å². The second-order valence-corrected chi connectivity index (χ2v) is 4.38. The largest absolute Gasteiger partial charge is 0.330 e. The molecule has 17 heavy (non-hydrogen) atoms. The second-order valence-electron chi connectivity index (χ2n) is 3.60. The van der Waals surface area contributed by atoms with Gasteiger partial charge in [-0.2, -0.15) is 5.10 Å². The van der Waals surface area contributed by atoms with Crippen molar-refractivity contribution >= 4 is 23.2 Å². The zero-order valence-corrected chi connectivity index (χ0v) is 10.8. The number of nitrogens with zero attached hydrogens (tertiary/aromatic N) is 3. The van der Waals surface area contributed by atoms with Crippen molar-refractivity contribution in [3.8, 4) is 5.69 Å². The molecular weight excluding hydrogens is 259 g/mol. The highest BCUT2D eigenvalue weighted by Crippen LogP contribution is 2.28. The van der Waals surface area contributed by atoms with Crippen LogP contribution in [0.3, 0.4) is 0 Å². The first-order chi connectivity index (χ1) is 8.13. The number of aromatic nitrogens is 3. The van der Waals surface area contributed by atoms with E-state index in [0.717, 1.165) is 11.5 Å². The Hall–Kier alpha value is -1.10. The fraction of sp³-hybridized carbons (Fsp3) is 0.273. The molecule has 2 rings (SSSR count). The standard InChI is InChI=1S/C11H12Cl2N4/c1-7-15-10(5-6-14)17(16-7)9-4-2-3-8(12)11(9)13/h2-4H,5-6,14H2,1H3. The molecule has 90 valence electrons. The predicted octanol–water partition coefficient (Wildman–Crippen LogP) is 2.38. The summed E-state index contributed by atoms with van der Waals surface area (Å²) >= 11 is 12.1. The van der Waals surface area contributed by atoms with Crippen molar-refractivity contribution in [1.82, 2.24) is 14.8 Å². The summed E-state index contributed by atoms with van der Waals surface area (Å²) in [5, 5.41) is 5.27. The molecule has 0 radical (unpaired) electrons. The fourth-order valence-corrected chi connectivity index (χ4v) is 1.97. The third-order valence-electron chi connectivity index (χ3n) is 2.31. The maximum absolute atomic E-state index is 6.16. The molecule has 0 unspecified atom stereocenters. The molecule has 0 fully saturated rings. The van der Waals surface area contributed by atoms with E-state index in [2.05, 4.69) is 10.1 Å². The van der Waals surface area contributed by atoms with Gasteiger partial charge in [-0.1, -0.05) is 29.3 Å². The van der Waals surface area contributed by atoms with E-state index in [1.165, 1.54) is 0 Å². The van der Waals surface area contributed by atoms with E-state index in [0.29, 0.717) is 28.8 Å². The van der Waals surface area contributed by atoms with Gasteiger partial charge in [-0.3, -0.25) is 0 Å². The van der Waals surface area contributed by atoms with Crippen molar-refractivity contribution in [2.45, 2.75) is 13.3 Å². The first-order valence-electron chi connectivity index (χ1n) is 5.20. The lowest BCUT2D eigenvalue weighted by Gasteiger charge is -2.08. The van der Waals surface area contributed by atoms with Gasteiger partial charge in [-0.15, -0.1) is 0 Å². The third kappa shape index (κ3) is 2.44. The Labute approximate surface area is 109 Å². The van der Waals surface area contributed by atoms with Crippen molar-refractivity contribution in [3.05, 3.63) is 39.9 Å². The molecule has 2 N–H and O–H groups in total. The Balaban J connectivity index is 2.55. The van der Waals surface area contributed by atoms with Crippen LogP contribution in [0.4, 0.5) is 0 Å². The van der Waals surface area contributed by atoms with Gasteiger partial charge in [-0.05, 0) is 25.6 Å². The average molecular weight is 271 g/mol. The molecule has 0 atom stereocenters. The van der Waals surface area contributed by atoms with E-state index >= 15 is 0 Å². The molecule has 2 aromatic rings. The van der Waals surface area contributed by atoms with E-state index in [1.54, 1.807) is 10.7 Å². The molecule has 6 heteroatoms. The van der Waals surface area contributed by atoms with Gasteiger partial charge in [-0.25, -0.2) is 9.67 Å². The molecule has 0 saturated carbocycles. The second kappa shape index (κ2) is 5.04. The smallest absolute Gasteiger partial charge is 0.148 e. The van der Waals surface area contributed by atoms with Gasteiger partial charge in [0.2, 0.25) is 0 Å². The number of halogens is 2. The van der Waals surface area contributed by atoms with E-state index in [-0.39, 0.29) is 0 Å². The van der Waals surface area contributed by atoms with Gasteiger partial charge in [0.15, 0.2) is 0 Å². The van der Waals surface area contributed by atoms with Crippen LogP contribution in [-0.2, 0) is 6.42 Å². The summed E-state index contributed by atoms with van der Waals surface area (Å²) in [5.41, 5.74) is 6.27. The van der Waals surface area contributed by atoms with Crippen LogP contribution in [0.1, 0.15) is 11.6 Å². The van der Waals surface area contributed by atoms with Gasteiger partial charge in [0.1, 0.15) is 11.6 Å². The number of hydrogen-bond donors (Lipinski definition) is 1. The first kappa shape index (κ1) is 12.4. The molecule has 0 amide bonds. The van der Waals surface area contributed by atoms with Crippen LogP contribution in [0.2, 0.25) is 10.0 Å². The van der Waals surface area contributed by atoms with E-state index in [4.69, 9.17) is 28.9 Å². The van der Waals surface area contributed by atoms with Gasteiger partial charge in [0.05, 0.1) is 15.7 Å². The summed E-state index contributed by atoms with van der Waals surface area (Å²) in [6.45, 7) is 2.34. The van der Waals surface area contributed by atoms with Crippen molar-refractivity contribution in [2.24, 2.45) is 5.73 Å². The molecule has 0 aliphatic carbocycles. The summed E-state index contributed by atoms with van der Waals surface area (Å²) in [5.74, 6) is 1.47. The zero-order chi connectivity index (χ0) is 12.4. The van der Waals surface area contributed by atoms with Crippen LogP contribution in [0.5, 0.6) is 0 Å². The zero-order valence-electron chi connectivity index (χ0n) is 9.32. The first-order valence-corrected chi connectivity index (χ1v) is 5.96. The van der Waals surface area contributed by atoms with Crippen LogP contribution in [0.25, 0.3) is 5.69 Å². The SMILES string of the molecule is Cc1nc(CCN)n(-c2cccc(Cl)c2Cl)n1. The summed E-state index contributed by atoms with van der Waals surface area (Å²) in [6.07, 6.45) is 0.643. The highest BCUT2D eigenvalue weighted by atomic mass is 35.5. The number of aryl methyl sites for hydroxylation is 1. The summed E-state index contributed by atoms with van der Waals surface area (Å²) in [6, 6.07) is 5.41.